The molecular weight excluding hydrogens is 180 g/mol. The van der Waals surface area contributed by atoms with Gasteiger partial charge in [0.15, 0.2) is 0 Å². The van der Waals surface area contributed by atoms with Crippen LogP contribution in [0.1, 0.15) is 0 Å². The topological polar surface area (TPSA) is 50.4 Å². The molecule has 2 aromatic rings. The highest BCUT2D eigenvalue weighted by Gasteiger charge is 2.02. The van der Waals surface area contributed by atoms with Gasteiger partial charge in [0, 0.05) is 11.6 Å². The second kappa shape index (κ2) is 3.38. The monoisotopic (exact) mass is 188 g/mol. The maximum atomic E-state index is 11.0. The van der Waals surface area contributed by atoms with Gasteiger partial charge in [0.2, 0.25) is 0 Å². The molecule has 0 atom stereocenters. The number of hydrogen-bond donors (Lipinski definition) is 1. The van der Waals surface area contributed by atoms with Gasteiger partial charge in [-0.3, -0.25) is 0 Å². The van der Waals surface area contributed by atoms with Gasteiger partial charge in [0.05, 0.1) is 6.07 Å². The molecule has 0 fully saturated rings. The molecule has 3 nitrogen and oxygen atoms in total. The van der Waals surface area contributed by atoms with Gasteiger partial charge in [-0.05, 0) is 0 Å². The highest BCUT2D eigenvalue weighted by molar-refractivity contribution is 5.57. The van der Waals surface area contributed by atoms with Gasteiger partial charge >= 0.3 is 5.63 Å². The molecule has 70 valence electrons. The molecule has 0 radical (unpaired) electrons. The van der Waals surface area contributed by atoms with Crippen molar-refractivity contribution in [2.75, 3.05) is 0 Å². The summed E-state index contributed by atoms with van der Waals surface area (Å²) in [5.41, 5.74) is 0.212. The molecule has 0 aliphatic heterocycles. The Morgan fingerprint density at radius 3 is 2.43 bits per heavy atom. The third-order valence-electron chi connectivity index (χ3n) is 1.81. The molecule has 1 heterocycles. The summed E-state index contributed by atoms with van der Waals surface area (Å²) in [6.07, 6.45) is 0. The fourth-order valence-corrected chi connectivity index (χ4v) is 1.21. The van der Waals surface area contributed by atoms with Gasteiger partial charge in [-0.15, -0.1) is 0 Å². The van der Waals surface area contributed by atoms with Crippen LogP contribution in [-0.4, -0.2) is 5.11 Å². The summed E-state index contributed by atoms with van der Waals surface area (Å²) >= 11 is 0. The molecule has 3 heteroatoms. The minimum absolute atomic E-state index is 0.0832. The lowest BCUT2D eigenvalue weighted by atomic mass is 10.1. The third-order valence-corrected chi connectivity index (χ3v) is 1.81. The summed E-state index contributed by atoms with van der Waals surface area (Å²) in [5.74, 6) is 0.288. The van der Waals surface area contributed by atoms with Crippen molar-refractivity contribution in [1.82, 2.24) is 0 Å². The summed E-state index contributed by atoms with van der Waals surface area (Å²) in [7, 11) is 0. The van der Waals surface area contributed by atoms with Crippen molar-refractivity contribution in [3.05, 3.63) is 52.9 Å². The van der Waals surface area contributed by atoms with Crippen LogP contribution >= 0.6 is 0 Å². The van der Waals surface area contributed by atoms with Crippen LogP contribution in [0.5, 0.6) is 5.75 Å². The van der Waals surface area contributed by atoms with E-state index in [0.717, 1.165) is 11.6 Å². The minimum atomic E-state index is -0.552. The van der Waals surface area contributed by atoms with E-state index >= 15 is 0 Å². The molecular formula is C11H8O3. The van der Waals surface area contributed by atoms with Gasteiger partial charge in [0.1, 0.15) is 11.5 Å². The average molecular weight is 188 g/mol. The Morgan fingerprint density at radius 2 is 1.79 bits per heavy atom. The molecule has 0 aliphatic rings. The van der Waals surface area contributed by atoms with Crippen molar-refractivity contribution in [1.29, 1.82) is 0 Å². The summed E-state index contributed by atoms with van der Waals surface area (Å²) in [6, 6.07) is 11.6. The molecule has 1 aromatic carbocycles. The maximum absolute atomic E-state index is 11.0. The van der Waals surface area contributed by atoms with Gasteiger partial charge in [0.25, 0.3) is 0 Å². The van der Waals surface area contributed by atoms with Crippen LogP contribution in [0, 0.1) is 0 Å². The van der Waals surface area contributed by atoms with Crippen molar-refractivity contribution in [2.45, 2.75) is 0 Å². The van der Waals surface area contributed by atoms with E-state index in [9.17, 15) is 9.90 Å². The summed E-state index contributed by atoms with van der Waals surface area (Å²) < 4.78 is 4.93. The van der Waals surface area contributed by atoms with Gasteiger partial charge in [-0.25, -0.2) is 4.79 Å². The average Bonchev–Trinajstić information content (AvgIpc) is 2.18. The van der Waals surface area contributed by atoms with Crippen LogP contribution in [0.15, 0.2) is 51.7 Å². The molecule has 0 spiro atoms. The third kappa shape index (κ3) is 1.66. The fourth-order valence-electron chi connectivity index (χ4n) is 1.21. The van der Waals surface area contributed by atoms with E-state index in [0.29, 0.717) is 5.76 Å². The van der Waals surface area contributed by atoms with Gasteiger partial charge < -0.3 is 9.52 Å². The number of benzene rings is 1. The maximum Gasteiger partial charge on any atom is 0.339 e. The van der Waals surface area contributed by atoms with E-state index in [1.54, 1.807) is 12.1 Å². The summed E-state index contributed by atoms with van der Waals surface area (Å²) in [4.78, 5) is 11.0. The molecule has 14 heavy (non-hydrogen) atoms. The summed E-state index contributed by atoms with van der Waals surface area (Å²) in [5, 5.41) is 9.20. The van der Waals surface area contributed by atoms with Crippen molar-refractivity contribution >= 4 is 0 Å². The first-order valence-corrected chi connectivity index (χ1v) is 4.15. The lowest BCUT2D eigenvalue weighted by molar-refractivity contribution is 0.453. The molecule has 0 unspecified atom stereocenters. The molecule has 0 bridgehead atoms. The number of aromatic hydroxyl groups is 1. The molecule has 0 saturated carbocycles. The minimum Gasteiger partial charge on any atom is -0.508 e. The van der Waals surface area contributed by atoms with E-state index in [1.165, 1.54) is 6.07 Å². The highest BCUT2D eigenvalue weighted by atomic mass is 16.4. The van der Waals surface area contributed by atoms with Crippen molar-refractivity contribution in [3.63, 3.8) is 0 Å². The SMILES string of the molecule is O=c1cc(O)cc(-c2ccccc2)o1. The van der Waals surface area contributed by atoms with Crippen LogP contribution in [0.3, 0.4) is 0 Å². The second-order valence-electron chi connectivity index (χ2n) is 2.86. The molecule has 2 rings (SSSR count). The van der Waals surface area contributed by atoms with Crippen molar-refractivity contribution in [3.8, 4) is 17.1 Å². The number of rotatable bonds is 1. The fraction of sp³-hybridized carbons (Fsp3) is 0. The first kappa shape index (κ1) is 8.56. The Labute approximate surface area is 80.2 Å². The van der Waals surface area contributed by atoms with Crippen LogP contribution in [0.4, 0.5) is 0 Å². The Hall–Kier alpha value is -2.03. The molecule has 1 N–H and O–H groups in total. The first-order chi connectivity index (χ1) is 6.75. The van der Waals surface area contributed by atoms with Crippen LogP contribution in [0.2, 0.25) is 0 Å². The molecule has 0 aliphatic carbocycles. The van der Waals surface area contributed by atoms with E-state index in [1.807, 2.05) is 18.2 Å². The zero-order valence-corrected chi connectivity index (χ0v) is 7.31. The Bertz CT molecular complexity index is 485. The standard InChI is InChI=1S/C11H8O3/c12-9-6-10(14-11(13)7-9)8-4-2-1-3-5-8/h1-7,12H. The van der Waals surface area contributed by atoms with E-state index in [4.69, 9.17) is 4.42 Å². The summed E-state index contributed by atoms with van der Waals surface area (Å²) in [6.45, 7) is 0. The lowest BCUT2D eigenvalue weighted by Crippen LogP contribution is -1.95. The molecule has 0 saturated heterocycles. The smallest absolute Gasteiger partial charge is 0.339 e. The Kier molecular flexibility index (Phi) is 2.07. The zero-order chi connectivity index (χ0) is 9.97. The van der Waals surface area contributed by atoms with Crippen molar-refractivity contribution in [2.24, 2.45) is 0 Å². The quantitative estimate of drug-likeness (QED) is 0.744. The Morgan fingerprint density at radius 1 is 1.07 bits per heavy atom. The molecule has 1 aromatic heterocycles. The highest BCUT2D eigenvalue weighted by Crippen LogP contribution is 2.20. The van der Waals surface area contributed by atoms with Crippen LogP contribution in [-0.2, 0) is 0 Å². The van der Waals surface area contributed by atoms with Crippen molar-refractivity contribution < 1.29 is 9.52 Å². The lowest BCUT2D eigenvalue weighted by Gasteiger charge is -1.99. The van der Waals surface area contributed by atoms with E-state index in [2.05, 4.69) is 0 Å². The largest absolute Gasteiger partial charge is 0.508 e. The van der Waals surface area contributed by atoms with E-state index < -0.39 is 5.63 Å². The first-order valence-electron chi connectivity index (χ1n) is 4.15. The zero-order valence-electron chi connectivity index (χ0n) is 7.31. The predicted molar refractivity (Wildman–Crippen MR) is 52.1 cm³/mol. The van der Waals surface area contributed by atoms with Crippen LogP contribution in [0.25, 0.3) is 11.3 Å². The van der Waals surface area contributed by atoms with Gasteiger partial charge in [-0.1, -0.05) is 30.3 Å². The van der Waals surface area contributed by atoms with E-state index in [-0.39, 0.29) is 5.75 Å². The predicted octanol–water partition coefficient (Wildman–Crippen LogP) is 2.01. The normalized spacial score (nSPS) is 10.0. The van der Waals surface area contributed by atoms with Crippen LogP contribution < -0.4 is 5.63 Å². The number of hydrogen-bond acceptors (Lipinski definition) is 3. The second-order valence-corrected chi connectivity index (χ2v) is 2.86. The molecule has 0 amide bonds. The Balaban J connectivity index is 2.58. The van der Waals surface area contributed by atoms with Gasteiger partial charge in [-0.2, -0.15) is 0 Å².